The van der Waals surface area contributed by atoms with E-state index in [1.165, 1.54) is 11.8 Å². The van der Waals surface area contributed by atoms with Gasteiger partial charge in [-0.3, -0.25) is 0 Å². The number of rotatable bonds is 4. The second kappa shape index (κ2) is 5.09. The SMILES string of the molecule is CC(C)(C)/C(=C\C[Si](C)(C)C)O[Si](C)(C)C. The molecule has 0 saturated heterocycles. The van der Waals surface area contributed by atoms with Crippen molar-refractivity contribution in [3.63, 3.8) is 0 Å². The van der Waals surface area contributed by atoms with E-state index in [4.69, 9.17) is 4.43 Å². The van der Waals surface area contributed by atoms with Crippen LogP contribution in [0.2, 0.25) is 45.3 Å². The van der Waals surface area contributed by atoms with Gasteiger partial charge in [0.05, 0.1) is 5.76 Å². The van der Waals surface area contributed by atoms with Crippen molar-refractivity contribution in [1.82, 2.24) is 0 Å². The van der Waals surface area contributed by atoms with Gasteiger partial charge in [0.25, 0.3) is 0 Å². The van der Waals surface area contributed by atoms with Crippen molar-refractivity contribution in [3.05, 3.63) is 11.8 Å². The molecule has 0 atom stereocenters. The Bertz CT molecular complexity index is 249. The topological polar surface area (TPSA) is 9.23 Å². The first-order valence-electron chi connectivity index (χ1n) is 6.21. The van der Waals surface area contributed by atoms with Gasteiger partial charge in [-0.1, -0.05) is 46.5 Å². The van der Waals surface area contributed by atoms with E-state index in [0.717, 1.165) is 0 Å². The molecule has 0 saturated carbocycles. The van der Waals surface area contributed by atoms with Crippen LogP contribution in [0.4, 0.5) is 0 Å². The summed E-state index contributed by atoms with van der Waals surface area (Å²) in [7, 11) is -2.49. The fraction of sp³-hybridized carbons (Fsp3) is 0.846. The van der Waals surface area contributed by atoms with Gasteiger partial charge in [0.1, 0.15) is 0 Å². The van der Waals surface area contributed by atoms with Gasteiger partial charge in [0.2, 0.25) is 8.32 Å². The Balaban J connectivity index is 4.84. The van der Waals surface area contributed by atoms with Crippen molar-refractivity contribution in [1.29, 1.82) is 0 Å². The monoisotopic (exact) mass is 258 g/mol. The quantitative estimate of drug-likeness (QED) is 0.503. The maximum atomic E-state index is 6.22. The maximum absolute atomic E-state index is 6.22. The van der Waals surface area contributed by atoms with Crippen molar-refractivity contribution in [3.8, 4) is 0 Å². The zero-order valence-corrected chi connectivity index (χ0v) is 14.7. The molecule has 0 aromatic rings. The van der Waals surface area contributed by atoms with Gasteiger partial charge in [-0.15, -0.1) is 0 Å². The Labute approximate surface area is 104 Å². The van der Waals surface area contributed by atoms with Crippen molar-refractivity contribution in [2.75, 3.05) is 0 Å². The fourth-order valence-corrected chi connectivity index (χ4v) is 3.08. The Hall–Kier alpha value is -0.0262. The maximum Gasteiger partial charge on any atom is 0.241 e. The summed E-state index contributed by atoms with van der Waals surface area (Å²) in [6, 6.07) is 1.21. The van der Waals surface area contributed by atoms with E-state index >= 15 is 0 Å². The lowest BCUT2D eigenvalue weighted by Crippen LogP contribution is -2.29. The van der Waals surface area contributed by atoms with Crippen LogP contribution in [0.1, 0.15) is 20.8 Å². The molecule has 16 heavy (non-hydrogen) atoms. The van der Waals surface area contributed by atoms with Crippen molar-refractivity contribution in [2.24, 2.45) is 5.41 Å². The molecule has 0 unspecified atom stereocenters. The summed E-state index contributed by atoms with van der Waals surface area (Å²) in [4.78, 5) is 0. The van der Waals surface area contributed by atoms with E-state index < -0.39 is 16.4 Å². The Morgan fingerprint density at radius 3 is 1.69 bits per heavy atom. The summed E-state index contributed by atoms with van der Waals surface area (Å²) in [5, 5.41) is 0. The van der Waals surface area contributed by atoms with Gasteiger partial charge in [0, 0.05) is 13.5 Å². The molecule has 0 rings (SSSR count). The first-order valence-corrected chi connectivity index (χ1v) is 13.3. The van der Waals surface area contributed by atoms with Crippen molar-refractivity contribution < 1.29 is 4.43 Å². The molecule has 0 aromatic carbocycles. The summed E-state index contributed by atoms with van der Waals surface area (Å²) in [6.07, 6.45) is 2.35. The van der Waals surface area contributed by atoms with Crippen LogP contribution in [0.25, 0.3) is 0 Å². The predicted octanol–water partition coefficient (Wildman–Crippen LogP) is 5.11. The second-order valence-electron chi connectivity index (χ2n) is 7.80. The van der Waals surface area contributed by atoms with Crippen LogP contribution in [0.3, 0.4) is 0 Å². The van der Waals surface area contributed by atoms with Crippen molar-refractivity contribution >= 4 is 16.4 Å². The van der Waals surface area contributed by atoms with E-state index in [1.54, 1.807) is 0 Å². The second-order valence-corrected chi connectivity index (χ2v) is 17.8. The van der Waals surface area contributed by atoms with Gasteiger partial charge in [-0.25, -0.2) is 0 Å². The molecule has 3 heteroatoms. The average molecular weight is 259 g/mol. The van der Waals surface area contributed by atoms with Gasteiger partial charge in [-0.2, -0.15) is 0 Å². The summed E-state index contributed by atoms with van der Waals surface area (Å²) in [5.74, 6) is 1.20. The molecule has 0 aromatic heterocycles. The van der Waals surface area contributed by atoms with E-state index in [9.17, 15) is 0 Å². The molecule has 0 fully saturated rings. The minimum atomic E-state index is -1.48. The van der Waals surface area contributed by atoms with Crippen LogP contribution in [0.15, 0.2) is 11.8 Å². The molecule has 0 spiro atoms. The number of allylic oxidation sites excluding steroid dienone is 2. The summed E-state index contributed by atoms with van der Waals surface area (Å²) in [5.41, 5.74) is 0.139. The minimum Gasteiger partial charge on any atom is -0.547 e. The van der Waals surface area contributed by atoms with Gasteiger partial charge in [-0.05, 0) is 25.7 Å². The largest absolute Gasteiger partial charge is 0.547 e. The molecular weight excluding hydrogens is 228 g/mol. The fourth-order valence-electron chi connectivity index (χ4n) is 1.23. The van der Waals surface area contributed by atoms with Crippen LogP contribution in [0, 0.1) is 5.41 Å². The average Bonchev–Trinajstić information content (AvgIpc) is 1.91. The Kier molecular flexibility index (Phi) is 5.08. The van der Waals surface area contributed by atoms with Crippen LogP contribution >= 0.6 is 0 Å². The van der Waals surface area contributed by atoms with Crippen molar-refractivity contribution in [2.45, 2.75) is 66.1 Å². The third-order valence-electron chi connectivity index (χ3n) is 2.06. The lowest BCUT2D eigenvalue weighted by molar-refractivity contribution is 0.288. The van der Waals surface area contributed by atoms with E-state index in [0.29, 0.717) is 0 Å². The zero-order valence-electron chi connectivity index (χ0n) is 12.7. The highest BCUT2D eigenvalue weighted by atomic mass is 28.4. The number of hydrogen-bond acceptors (Lipinski definition) is 1. The Morgan fingerprint density at radius 2 is 1.44 bits per heavy atom. The van der Waals surface area contributed by atoms with E-state index in [1.807, 2.05) is 0 Å². The van der Waals surface area contributed by atoms with E-state index in [-0.39, 0.29) is 5.41 Å². The molecule has 0 heterocycles. The van der Waals surface area contributed by atoms with Gasteiger partial charge in [0.15, 0.2) is 0 Å². The van der Waals surface area contributed by atoms with Crippen LogP contribution in [-0.2, 0) is 4.43 Å². The lowest BCUT2D eigenvalue weighted by atomic mass is 9.94. The number of hydrogen-bond donors (Lipinski definition) is 0. The molecular formula is C13H30OSi2. The highest BCUT2D eigenvalue weighted by Crippen LogP contribution is 2.30. The lowest BCUT2D eigenvalue weighted by Gasteiger charge is -2.31. The van der Waals surface area contributed by atoms with Gasteiger partial charge < -0.3 is 4.43 Å². The van der Waals surface area contributed by atoms with Crippen LogP contribution < -0.4 is 0 Å². The normalized spacial score (nSPS) is 15.2. The third-order valence-corrected chi connectivity index (χ3v) is 4.32. The summed E-state index contributed by atoms with van der Waals surface area (Å²) >= 11 is 0. The molecule has 96 valence electrons. The first-order chi connectivity index (χ1) is 6.81. The van der Waals surface area contributed by atoms with Crippen LogP contribution in [0.5, 0.6) is 0 Å². The van der Waals surface area contributed by atoms with Gasteiger partial charge >= 0.3 is 0 Å². The molecule has 0 aliphatic heterocycles. The Morgan fingerprint density at radius 1 is 1.00 bits per heavy atom. The minimum absolute atomic E-state index is 0.139. The summed E-state index contributed by atoms with van der Waals surface area (Å²) in [6.45, 7) is 20.7. The standard InChI is InChI=1S/C13H30OSi2/c1-13(2,3)12(14-16(7,8)9)10-11-15(4,5)6/h10H,11H2,1-9H3/b12-10+. The molecule has 0 amide bonds. The zero-order chi connectivity index (χ0) is 13.2. The molecule has 0 aliphatic carbocycles. The molecule has 0 bridgehead atoms. The molecule has 1 nitrogen and oxygen atoms in total. The van der Waals surface area contributed by atoms with Crippen LogP contribution in [-0.4, -0.2) is 16.4 Å². The molecule has 0 N–H and O–H groups in total. The molecule has 0 aliphatic rings. The highest BCUT2D eigenvalue weighted by molar-refractivity contribution is 6.76. The third kappa shape index (κ3) is 8.16. The highest BCUT2D eigenvalue weighted by Gasteiger charge is 2.26. The predicted molar refractivity (Wildman–Crippen MR) is 80.1 cm³/mol. The molecule has 0 radical (unpaired) electrons. The van der Waals surface area contributed by atoms with E-state index in [2.05, 4.69) is 66.1 Å². The first kappa shape index (κ1) is 16.0. The summed E-state index contributed by atoms with van der Waals surface area (Å²) < 4.78 is 6.22. The smallest absolute Gasteiger partial charge is 0.241 e.